The van der Waals surface area contributed by atoms with Gasteiger partial charge in [-0.05, 0) is 19.1 Å². The van der Waals surface area contributed by atoms with E-state index in [9.17, 15) is 0 Å². The summed E-state index contributed by atoms with van der Waals surface area (Å²) in [7, 11) is 0. The van der Waals surface area contributed by atoms with Crippen molar-refractivity contribution in [1.82, 2.24) is 15.0 Å². The summed E-state index contributed by atoms with van der Waals surface area (Å²) in [6.45, 7) is 8.11. The Morgan fingerprint density at radius 3 is 2.39 bits per heavy atom. The van der Waals surface area contributed by atoms with E-state index in [2.05, 4.69) is 35.7 Å². The van der Waals surface area contributed by atoms with E-state index in [-0.39, 0.29) is 5.41 Å². The minimum absolute atomic E-state index is 0.138. The number of nitrogens with zero attached hydrogens (tertiary/aromatic N) is 3. The molecule has 2 aromatic rings. The number of hydrogen-bond acceptors (Lipinski definition) is 3. The van der Waals surface area contributed by atoms with Crippen LogP contribution in [0.2, 0.25) is 5.15 Å². The minimum Gasteiger partial charge on any atom is -0.255 e. The number of hydrogen-bond donors (Lipinski definition) is 0. The maximum atomic E-state index is 6.20. The van der Waals surface area contributed by atoms with Gasteiger partial charge in [0.15, 0.2) is 0 Å². The highest BCUT2D eigenvalue weighted by atomic mass is 35.5. The molecule has 0 radical (unpaired) electrons. The van der Waals surface area contributed by atoms with Gasteiger partial charge in [0.05, 0.1) is 11.4 Å². The summed E-state index contributed by atoms with van der Waals surface area (Å²) in [6, 6.07) is 5.75. The summed E-state index contributed by atoms with van der Waals surface area (Å²) in [4.78, 5) is 13.3. The molecule has 0 bridgehead atoms. The molecular weight excluding hydrogens is 246 g/mol. The summed E-state index contributed by atoms with van der Waals surface area (Å²) >= 11 is 6.20. The maximum Gasteiger partial charge on any atom is 0.136 e. The van der Waals surface area contributed by atoms with E-state index in [0.29, 0.717) is 5.15 Å². The summed E-state index contributed by atoms with van der Waals surface area (Å²) in [6.07, 6.45) is 1.75. The van der Waals surface area contributed by atoms with Gasteiger partial charge >= 0.3 is 0 Å². The largest absolute Gasteiger partial charge is 0.255 e. The summed E-state index contributed by atoms with van der Waals surface area (Å²) < 4.78 is 0. The molecule has 0 saturated carbocycles. The van der Waals surface area contributed by atoms with E-state index in [0.717, 1.165) is 22.8 Å². The number of aromatic nitrogens is 3. The Morgan fingerprint density at radius 1 is 1.11 bits per heavy atom. The molecule has 2 heterocycles. The molecule has 94 valence electrons. The smallest absolute Gasteiger partial charge is 0.136 e. The zero-order chi connectivity index (χ0) is 13.3. The summed E-state index contributed by atoms with van der Waals surface area (Å²) in [5, 5.41) is 0.496. The molecule has 2 aromatic heterocycles. The lowest BCUT2D eigenvalue weighted by molar-refractivity contribution is 0.545. The average molecular weight is 262 g/mol. The van der Waals surface area contributed by atoms with Crippen LogP contribution in [0.3, 0.4) is 0 Å². The first-order chi connectivity index (χ1) is 8.39. The lowest BCUT2D eigenvalue weighted by Crippen LogP contribution is -2.17. The van der Waals surface area contributed by atoms with Crippen molar-refractivity contribution in [3.8, 4) is 11.4 Å². The van der Waals surface area contributed by atoms with E-state index >= 15 is 0 Å². The molecular formula is C14H16ClN3. The molecule has 0 unspecified atom stereocenters. The van der Waals surface area contributed by atoms with Gasteiger partial charge in [0.25, 0.3) is 0 Å². The van der Waals surface area contributed by atoms with Crippen LogP contribution in [0.25, 0.3) is 11.4 Å². The Bertz CT molecular complexity index is 559. The molecule has 0 spiro atoms. The Kier molecular flexibility index (Phi) is 3.35. The van der Waals surface area contributed by atoms with Crippen molar-refractivity contribution in [3.63, 3.8) is 0 Å². The van der Waals surface area contributed by atoms with Gasteiger partial charge in [-0.25, -0.2) is 9.97 Å². The molecule has 0 aromatic carbocycles. The van der Waals surface area contributed by atoms with Crippen LogP contribution in [0, 0.1) is 6.92 Å². The van der Waals surface area contributed by atoms with Gasteiger partial charge in [0, 0.05) is 17.2 Å². The lowest BCUT2D eigenvalue weighted by atomic mass is 9.95. The van der Waals surface area contributed by atoms with Gasteiger partial charge in [-0.3, -0.25) is 4.98 Å². The van der Waals surface area contributed by atoms with Crippen LogP contribution in [0.4, 0.5) is 0 Å². The zero-order valence-electron chi connectivity index (χ0n) is 11.0. The molecule has 0 atom stereocenters. The van der Waals surface area contributed by atoms with Gasteiger partial charge in [-0.2, -0.15) is 0 Å². The van der Waals surface area contributed by atoms with E-state index in [1.54, 1.807) is 6.20 Å². The Labute approximate surface area is 112 Å². The third kappa shape index (κ3) is 2.51. The number of pyridine rings is 1. The standard InChI is InChI=1S/C14H16ClN3/c1-9-11(10-7-5-6-8-16-10)17-13(14(2,3)4)18-12(9)15/h5-8H,1-4H3. The summed E-state index contributed by atoms with van der Waals surface area (Å²) in [5.41, 5.74) is 2.36. The van der Waals surface area contributed by atoms with E-state index in [4.69, 9.17) is 11.6 Å². The first-order valence-electron chi connectivity index (χ1n) is 5.85. The third-order valence-corrected chi connectivity index (χ3v) is 3.03. The molecule has 3 nitrogen and oxygen atoms in total. The Balaban J connectivity index is 2.64. The fourth-order valence-corrected chi connectivity index (χ4v) is 1.75. The molecule has 0 aliphatic rings. The van der Waals surface area contributed by atoms with Crippen molar-refractivity contribution in [2.75, 3.05) is 0 Å². The first kappa shape index (κ1) is 13.0. The van der Waals surface area contributed by atoms with Crippen LogP contribution in [0.1, 0.15) is 32.2 Å². The topological polar surface area (TPSA) is 38.7 Å². The number of rotatable bonds is 1. The second-order valence-corrected chi connectivity index (χ2v) is 5.63. The van der Waals surface area contributed by atoms with Crippen LogP contribution < -0.4 is 0 Å². The quantitative estimate of drug-likeness (QED) is 0.733. The van der Waals surface area contributed by atoms with Gasteiger partial charge < -0.3 is 0 Å². The fraction of sp³-hybridized carbons (Fsp3) is 0.357. The minimum atomic E-state index is -0.138. The van der Waals surface area contributed by atoms with Crippen LogP contribution in [-0.2, 0) is 5.41 Å². The molecule has 18 heavy (non-hydrogen) atoms. The van der Waals surface area contributed by atoms with Gasteiger partial charge in [0.2, 0.25) is 0 Å². The second kappa shape index (κ2) is 4.65. The maximum absolute atomic E-state index is 6.20. The highest BCUT2D eigenvalue weighted by Gasteiger charge is 2.21. The lowest BCUT2D eigenvalue weighted by Gasteiger charge is -2.18. The molecule has 4 heteroatoms. The van der Waals surface area contributed by atoms with Crippen LogP contribution >= 0.6 is 11.6 Å². The van der Waals surface area contributed by atoms with E-state index in [1.165, 1.54) is 0 Å². The normalized spacial score (nSPS) is 11.6. The molecule has 0 amide bonds. The van der Waals surface area contributed by atoms with Gasteiger partial charge in [-0.1, -0.05) is 38.4 Å². The highest BCUT2D eigenvalue weighted by molar-refractivity contribution is 6.30. The Hall–Kier alpha value is -1.48. The molecule has 0 aliphatic carbocycles. The zero-order valence-corrected chi connectivity index (χ0v) is 11.8. The van der Waals surface area contributed by atoms with Crippen molar-refractivity contribution in [2.45, 2.75) is 33.1 Å². The van der Waals surface area contributed by atoms with Gasteiger partial charge in [0.1, 0.15) is 11.0 Å². The predicted molar refractivity (Wildman–Crippen MR) is 73.7 cm³/mol. The van der Waals surface area contributed by atoms with Crippen molar-refractivity contribution in [3.05, 3.63) is 40.9 Å². The average Bonchev–Trinajstić information content (AvgIpc) is 2.32. The molecule has 0 N–H and O–H groups in total. The number of halogens is 1. The van der Waals surface area contributed by atoms with Crippen LogP contribution in [0.15, 0.2) is 24.4 Å². The Morgan fingerprint density at radius 2 is 1.83 bits per heavy atom. The molecule has 0 saturated heterocycles. The van der Waals surface area contributed by atoms with Crippen molar-refractivity contribution in [1.29, 1.82) is 0 Å². The van der Waals surface area contributed by atoms with Crippen LogP contribution in [-0.4, -0.2) is 15.0 Å². The van der Waals surface area contributed by atoms with E-state index in [1.807, 2.05) is 25.1 Å². The monoisotopic (exact) mass is 261 g/mol. The van der Waals surface area contributed by atoms with E-state index < -0.39 is 0 Å². The first-order valence-corrected chi connectivity index (χ1v) is 6.23. The molecule has 0 fully saturated rings. The second-order valence-electron chi connectivity index (χ2n) is 5.28. The SMILES string of the molecule is Cc1c(Cl)nc(C(C)(C)C)nc1-c1ccccn1. The predicted octanol–water partition coefficient (Wildman–Crippen LogP) is 3.80. The van der Waals surface area contributed by atoms with Crippen LogP contribution in [0.5, 0.6) is 0 Å². The summed E-state index contributed by atoms with van der Waals surface area (Å²) in [5.74, 6) is 0.735. The van der Waals surface area contributed by atoms with Gasteiger partial charge in [-0.15, -0.1) is 0 Å². The van der Waals surface area contributed by atoms with Crippen molar-refractivity contribution >= 4 is 11.6 Å². The van der Waals surface area contributed by atoms with Crippen molar-refractivity contribution in [2.24, 2.45) is 0 Å². The molecule has 2 rings (SSSR count). The highest BCUT2D eigenvalue weighted by Crippen LogP contribution is 2.28. The third-order valence-electron chi connectivity index (χ3n) is 2.66. The fourth-order valence-electron chi connectivity index (χ4n) is 1.58. The van der Waals surface area contributed by atoms with Crippen molar-refractivity contribution < 1.29 is 0 Å². The molecule has 0 aliphatic heterocycles.